The fourth-order valence-electron chi connectivity index (χ4n) is 3.79. The summed E-state index contributed by atoms with van der Waals surface area (Å²) in [4.78, 5) is 29.3. The molecule has 0 spiro atoms. The summed E-state index contributed by atoms with van der Waals surface area (Å²) in [6.45, 7) is 0.423. The number of rotatable bonds is 8. The van der Waals surface area contributed by atoms with Gasteiger partial charge in [0.1, 0.15) is 6.54 Å². The summed E-state index contributed by atoms with van der Waals surface area (Å²) < 4.78 is 1.31. The van der Waals surface area contributed by atoms with Crippen molar-refractivity contribution in [3.63, 3.8) is 0 Å². The van der Waals surface area contributed by atoms with E-state index in [0.29, 0.717) is 17.3 Å². The van der Waals surface area contributed by atoms with Crippen LogP contribution in [-0.4, -0.2) is 22.0 Å². The predicted octanol–water partition coefficient (Wildman–Crippen LogP) is 4.90. The highest BCUT2D eigenvalue weighted by Crippen LogP contribution is 2.27. The Hall–Kier alpha value is -3.70. The van der Waals surface area contributed by atoms with Crippen LogP contribution in [0.15, 0.2) is 102 Å². The molecule has 0 bridgehead atoms. The number of hydrogen-bond donors (Lipinski definition) is 1. The van der Waals surface area contributed by atoms with Gasteiger partial charge in [0.05, 0.1) is 12.0 Å². The molecule has 33 heavy (non-hydrogen) atoms. The average molecular weight is 458 g/mol. The number of nitrogens with one attached hydrogen (secondary N) is 1. The second-order valence-corrected chi connectivity index (χ2v) is 8.20. The van der Waals surface area contributed by atoms with Gasteiger partial charge in [-0.15, -0.1) is 0 Å². The van der Waals surface area contributed by atoms with Crippen molar-refractivity contribution in [2.45, 2.75) is 18.9 Å². The zero-order valence-corrected chi connectivity index (χ0v) is 18.8. The molecular weight excluding hydrogens is 434 g/mol. The molecule has 1 aromatic heterocycles. The molecule has 0 radical (unpaired) electrons. The van der Waals surface area contributed by atoms with Gasteiger partial charge in [-0.3, -0.25) is 14.2 Å². The van der Waals surface area contributed by atoms with Gasteiger partial charge in [-0.05, 0) is 29.7 Å². The molecule has 4 rings (SSSR count). The lowest BCUT2D eigenvalue weighted by molar-refractivity contribution is -0.121. The Morgan fingerprint density at radius 3 is 2.09 bits per heavy atom. The number of nitrogens with zero attached hydrogens (tertiary/aromatic N) is 2. The normalized spacial score (nSPS) is 10.8. The van der Waals surface area contributed by atoms with Crippen molar-refractivity contribution in [3.05, 3.63) is 124 Å². The zero-order valence-electron chi connectivity index (χ0n) is 18.0. The maximum atomic E-state index is 12.5. The molecule has 1 amide bonds. The molecule has 1 N–H and O–H groups in total. The SMILES string of the molecule is O=C(Cn1cnc(-c2ccc(Cl)cc2)cc1=O)NCCC(c1ccccc1)c1ccccc1. The first-order valence-electron chi connectivity index (χ1n) is 10.8. The Bertz CT molecular complexity index is 1220. The number of amides is 1. The van der Waals surface area contributed by atoms with Gasteiger partial charge >= 0.3 is 0 Å². The molecule has 0 aliphatic rings. The Labute approximate surface area is 197 Å². The molecule has 5 nitrogen and oxygen atoms in total. The van der Waals surface area contributed by atoms with Gasteiger partial charge in [0.2, 0.25) is 5.91 Å². The maximum Gasteiger partial charge on any atom is 0.254 e. The molecule has 4 aromatic rings. The number of hydrogen-bond acceptors (Lipinski definition) is 3. The third kappa shape index (κ3) is 5.96. The average Bonchev–Trinajstić information content (AvgIpc) is 2.85. The summed E-state index contributed by atoms with van der Waals surface area (Å²) in [6, 6.07) is 29.0. The third-order valence-corrected chi connectivity index (χ3v) is 5.74. The van der Waals surface area contributed by atoms with Gasteiger partial charge in [-0.1, -0.05) is 84.4 Å². The van der Waals surface area contributed by atoms with Crippen LogP contribution in [0.1, 0.15) is 23.5 Å². The van der Waals surface area contributed by atoms with Crippen molar-refractivity contribution < 1.29 is 4.79 Å². The van der Waals surface area contributed by atoms with Gasteiger partial charge in [0.15, 0.2) is 0 Å². The van der Waals surface area contributed by atoms with Crippen LogP contribution in [0, 0.1) is 0 Å². The van der Waals surface area contributed by atoms with Gasteiger partial charge in [0.25, 0.3) is 5.56 Å². The van der Waals surface area contributed by atoms with Crippen LogP contribution in [-0.2, 0) is 11.3 Å². The van der Waals surface area contributed by atoms with E-state index in [1.807, 2.05) is 36.4 Å². The van der Waals surface area contributed by atoms with Crippen LogP contribution in [0.3, 0.4) is 0 Å². The van der Waals surface area contributed by atoms with Crippen LogP contribution in [0.5, 0.6) is 0 Å². The third-order valence-electron chi connectivity index (χ3n) is 5.49. The van der Waals surface area contributed by atoms with E-state index in [0.717, 1.165) is 12.0 Å². The quantitative estimate of drug-likeness (QED) is 0.409. The van der Waals surface area contributed by atoms with E-state index in [9.17, 15) is 9.59 Å². The molecule has 0 aliphatic heterocycles. The fraction of sp³-hybridized carbons (Fsp3) is 0.148. The number of carbonyl (C=O) groups excluding carboxylic acids is 1. The standard InChI is InChI=1S/C27H24ClN3O2/c28-23-13-11-22(12-14-23)25-17-27(33)31(19-30-25)18-26(32)29-16-15-24(20-7-3-1-4-8-20)21-9-5-2-6-10-21/h1-14,17,19,24H,15-16,18H2,(H,29,32). The zero-order chi connectivity index (χ0) is 23.0. The predicted molar refractivity (Wildman–Crippen MR) is 131 cm³/mol. The van der Waals surface area contributed by atoms with Crippen molar-refractivity contribution in [3.8, 4) is 11.3 Å². The van der Waals surface area contributed by atoms with Gasteiger partial charge in [-0.25, -0.2) is 4.98 Å². The minimum Gasteiger partial charge on any atom is -0.355 e. The van der Waals surface area contributed by atoms with Crippen molar-refractivity contribution in [1.29, 1.82) is 0 Å². The van der Waals surface area contributed by atoms with E-state index in [2.05, 4.69) is 34.6 Å². The van der Waals surface area contributed by atoms with Crippen LogP contribution >= 0.6 is 11.6 Å². The van der Waals surface area contributed by atoms with Crippen molar-refractivity contribution in [2.75, 3.05) is 6.54 Å². The van der Waals surface area contributed by atoms with E-state index >= 15 is 0 Å². The first kappa shape index (κ1) is 22.5. The molecule has 0 saturated heterocycles. The van der Waals surface area contributed by atoms with Gasteiger partial charge in [-0.2, -0.15) is 0 Å². The maximum absolute atomic E-state index is 12.5. The second-order valence-electron chi connectivity index (χ2n) is 7.76. The van der Waals surface area contributed by atoms with E-state index in [1.54, 1.807) is 24.3 Å². The lowest BCUT2D eigenvalue weighted by Gasteiger charge is -2.18. The van der Waals surface area contributed by atoms with E-state index in [1.165, 1.54) is 28.1 Å². The molecule has 166 valence electrons. The van der Waals surface area contributed by atoms with Crippen LogP contribution in [0.2, 0.25) is 5.02 Å². The minimum atomic E-state index is -0.281. The van der Waals surface area contributed by atoms with Gasteiger partial charge < -0.3 is 5.32 Å². The summed E-state index contributed by atoms with van der Waals surface area (Å²) in [7, 11) is 0. The lowest BCUT2D eigenvalue weighted by Crippen LogP contribution is -2.33. The molecule has 0 saturated carbocycles. The first-order valence-corrected chi connectivity index (χ1v) is 11.2. The molecule has 0 fully saturated rings. The topological polar surface area (TPSA) is 64.0 Å². The van der Waals surface area contributed by atoms with Crippen LogP contribution in [0.25, 0.3) is 11.3 Å². The summed E-state index contributed by atoms with van der Waals surface area (Å²) in [5.41, 5.74) is 3.46. The van der Waals surface area contributed by atoms with Crippen molar-refractivity contribution >= 4 is 17.5 Å². The van der Waals surface area contributed by atoms with Gasteiger partial charge in [0, 0.05) is 29.1 Å². The van der Waals surface area contributed by atoms with E-state index in [4.69, 9.17) is 11.6 Å². The molecule has 6 heteroatoms. The number of halogens is 1. The highest BCUT2D eigenvalue weighted by atomic mass is 35.5. The van der Waals surface area contributed by atoms with E-state index < -0.39 is 0 Å². The number of aromatic nitrogens is 2. The number of carbonyl (C=O) groups is 1. The number of benzene rings is 3. The largest absolute Gasteiger partial charge is 0.355 e. The van der Waals surface area contributed by atoms with E-state index in [-0.39, 0.29) is 23.9 Å². The first-order chi connectivity index (χ1) is 16.1. The monoisotopic (exact) mass is 457 g/mol. The van der Waals surface area contributed by atoms with Crippen molar-refractivity contribution in [1.82, 2.24) is 14.9 Å². The Kier molecular flexibility index (Phi) is 7.33. The summed E-state index contributed by atoms with van der Waals surface area (Å²) >= 11 is 5.91. The molecular formula is C27H24ClN3O2. The molecule has 3 aromatic carbocycles. The van der Waals surface area contributed by atoms with Crippen LogP contribution < -0.4 is 10.9 Å². The minimum absolute atomic E-state index is 0.0753. The molecule has 0 atom stereocenters. The fourth-order valence-corrected chi connectivity index (χ4v) is 3.91. The summed E-state index contributed by atoms with van der Waals surface area (Å²) in [5.74, 6) is -0.0474. The smallest absolute Gasteiger partial charge is 0.254 e. The van der Waals surface area contributed by atoms with Crippen molar-refractivity contribution in [2.24, 2.45) is 0 Å². The highest BCUT2D eigenvalue weighted by Gasteiger charge is 2.14. The molecule has 0 unspecified atom stereocenters. The lowest BCUT2D eigenvalue weighted by atomic mass is 9.88. The molecule has 0 aliphatic carbocycles. The summed E-state index contributed by atoms with van der Waals surface area (Å²) in [5, 5.41) is 3.56. The second kappa shape index (κ2) is 10.7. The molecule has 1 heterocycles. The van der Waals surface area contributed by atoms with Crippen LogP contribution in [0.4, 0.5) is 0 Å². The Balaban J connectivity index is 1.37. The summed E-state index contributed by atoms with van der Waals surface area (Å²) in [6.07, 6.45) is 2.16. The Morgan fingerprint density at radius 2 is 1.52 bits per heavy atom. The highest BCUT2D eigenvalue weighted by molar-refractivity contribution is 6.30. The Morgan fingerprint density at radius 1 is 0.909 bits per heavy atom.